The Morgan fingerprint density at radius 3 is 2.15 bits per heavy atom. The maximum absolute atomic E-state index is 13.4. The fourth-order valence-electron chi connectivity index (χ4n) is 7.52. The molecule has 3 aliphatic rings. The van der Waals surface area contributed by atoms with Crippen molar-refractivity contribution in [2.24, 2.45) is 5.92 Å². The minimum absolute atomic E-state index is 0.0678. The third-order valence-electron chi connectivity index (χ3n) is 10.2. The number of piperazine rings is 1. The zero-order valence-corrected chi connectivity index (χ0v) is 25.7. The maximum Gasteiger partial charge on any atom is 0.257 e. The Balaban J connectivity index is 1.24. The molecular weight excluding hydrogens is 512 g/mol. The first kappa shape index (κ1) is 29.6. The Labute approximate surface area is 246 Å². The number of aryl methyl sites for hydroxylation is 2. The lowest BCUT2D eigenvalue weighted by molar-refractivity contribution is -0.132. The predicted octanol–water partition coefficient (Wildman–Crippen LogP) is 4.48. The zero-order valence-electron chi connectivity index (χ0n) is 25.7. The number of piperidine rings is 2. The molecule has 0 unspecified atom stereocenters. The molecule has 2 atom stereocenters. The largest absolute Gasteiger partial charge is 0.343 e. The summed E-state index contributed by atoms with van der Waals surface area (Å²) in [6, 6.07) is 11.8. The lowest BCUT2D eigenvalue weighted by atomic mass is 9.82. The van der Waals surface area contributed by atoms with Crippen molar-refractivity contribution in [3.8, 4) is 0 Å². The second-order valence-electron chi connectivity index (χ2n) is 12.7. The third-order valence-corrected chi connectivity index (χ3v) is 10.2. The first-order chi connectivity index (χ1) is 19.7. The van der Waals surface area contributed by atoms with Gasteiger partial charge in [-0.05, 0) is 64.9 Å². The maximum atomic E-state index is 13.4. The lowest BCUT2D eigenvalue weighted by Crippen LogP contribution is -2.63. The molecule has 2 amide bonds. The summed E-state index contributed by atoms with van der Waals surface area (Å²) < 4.78 is 0. The summed E-state index contributed by atoms with van der Waals surface area (Å²) >= 11 is 0. The number of benzene rings is 1. The molecule has 1 aromatic carbocycles. The zero-order chi connectivity index (χ0) is 29.1. The summed E-state index contributed by atoms with van der Waals surface area (Å²) in [5, 5.41) is 0. The molecule has 5 rings (SSSR count). The number of rotatable bonds is 6. The molecule has 0 radical (unpaired) electrons. The molecule has 3 fully saturated rings. The van der Waals surface area contributed by atoms with E-state index >= 15 is 0 Å². The number of amides is 2. The number of hydrogen-bond donors (Lipinski definition) is 0. The monoisotopic (exact) mass is 560 g/mol. The van der Waals surface area contributed by atoms with Crippen molar-refractivity contribution < 1.29 is 9.59 Å². The smallest absolute Gasteiger partial charge is 0.257 e. The van der Waals surface area contributed by atoms with Crippen LogP contribution in [0.5, 0.6) is 0 Å². The quantitative estimate of drug-likeness (QED) is 0.519. The van der Waals surface area contributed by atoms with Crippen LogP contribution in [0.25, 0.3) is 0 Å². The SMILES string of the molecule is CCC(=O)N1CCC([C@H](c2ccccc2)N2CCN(C3(C)CCN(C(=O)c4c(C)ncnc4C)CC3)C[C@@H]2C)CC1. The minimum atomic E-state index is 0.0678. The molecule has 2 aromatic rings. The Bertz CT molecular complexity index is 1180. The van der Waals surface area contributed by atoms with Gasteiger partial charge in [0.15, 0.2) is 0 Å². The van der Waals surface area contributed by atoms with Crippen LogP contribution >= 0.6 is 0 Å². The van der Waals surface area contributed by atoms with Crippen LogP contribution in [0.2, 0.25) is 0 Å². The summed E-state index contributed by atoms with van der Waals surface area (Å²) in [4.78, 5) is 43.7. The van der Waals surface area contributed by atoms with Crippen LogP contribution in [-0.4, -0.2) is 98.8 Å². The topological polar surface area (TPSA) is 72.9 Å². The van der Waals surface area contributed by atoms with Crippen LogP contribution in [0.4, 0.5) is 0 Å². The van der Waals surface area contributed by atoms with Gasteiger partial charge in [0.25, 0.3) is 5.91 Å². The van der Waals surface area contributed by atoms with E-state index in [2.05, 4.69) is 68.8 Å². The summed E-state index contributed by atoms with van der Waals surface area (Å²) in [7, 11) is 0. The van der Waals surface area contributed by atoms with Gasteiger partial charge in [0.05, 0.1) is 17.0 Å². The summed E-state index contributed by atoms with van der Waals surface area (Å²) in [5.74, 6) is 0.898. The van der Waals surface area contributed by atoms with Crippen molar-refractivity contribution in [2.45, 2.75) is 84.3 Å². The molecule has 222 valence electrons. The summed E-state index contributed by atoms with van der Waals surface area (Å²) in [5.41, 5.74) is 3.67. The van der Waals surface area contributed by atoms with E-state index in [-0.39, 0.29) is 17.4 Å². The van der Waals surface area contributed by atoms with Crippen molar-refractivity contribution in [3.63, 3.8) is 0 Å². The first-order valence-corrected chi connectivity index (χ1v) is 15.6. The molecule has 1 aromatic heterocycles. The van der Waals surface area contributed by atoms with E-state index in [0.29, 0.717) is 30.0 Å². The number of aromatic nitrogens is 2. The summed E-state index contributed by atoms with van der Waals surface area (Å²) in [6.07, 6.45) is 6.20. The van der Waals surface area contributed by atoms with Crippen molar-refractivity contribution in [1.82, 2.24) is 29.6 Å². The Morgan fingerprint density at radius 2 is 1.56 bits per heavy atom. The molecule has 41 heavy (non-hydrogen) atoms. The molecule has 8 heteroatoms. The second kappa shape index (κ2) is 12.6. The van der Waals surface area contributed by atoms with Crippen LogP contribution in [0.15, 0.2) is 36.7 Å². The number of carbonyl (C=O) groups is 2. The number of likely N-dealkylation sites (tertiary alicyclic amines) is 2. The van der Waals surface area contributed by atoms with E-state index in [1.807, 2.05) is 25.7 Å². The van der Waals surface area contributed by atoms with Gasteiger partial charge in [0.1, 0.15) is 6.33 Å². The average molecular weight is 561 g/mol. The summed E-state index contributed by atoms with van der Waals surface area (Å²) in [6.45, 7) is 16.9. The number of carbonyl (C=O) groups excluding carboxylic acids is 2. The Hall–Kier alpha value is -2.84. The molecule has 3 aliphatic heterocycles. The van der Waals surface area contributed by atoms with E-state index < -0.39 is 0 Å². The van der Waals surface area contributed by atoms with E-state index in [4.69, 9.17) is 0 Å². The van der Waals surface area contributed by atoms with Crippen LogP contribution in [0, 0.1) is 19.8 Å². The highest BCUT2D eigenvalue weighted by Crippen LogP contribution is 2.39. The fraction of sp³-hybridized carbons (Fsp3) is 0.636. The van der Waals surface area contributed by atoms with Crippen LogP contribution in [0.3, 0.4) is 0 Å². The fourth-order valence-corrected chi connectivity index (χ4v) is 7.52. The Kier molecular flexibility index (Phi) is 9.09. The molecule has 0 saturated carbocycles. The standard InChI is InChI=1S/C33H48N6O2/c1-6-29(40)36-16-12-28(13-17-36)31(27-10-8-7-9-11-27)39-21-20-38(22-24(39)2)33(5)14-18-37(19-15-33)32(41)30-25(3)34-23-35-26(30)4/h7-11,23-24,28,31H,6,12-22H2,1-5H3/t24-,31-/m0/s1. The van der Waals surface area contributed by atoms with E-state index in [9.17, 15) is 9.59 Å². The predicted molar refractivity (Wildman–Crippen MR) is 162 cm³/mol. The van der Waals surface area contributed by atoms with Gasteiger partial charge in [0, 0.05) is 69.9 Å². The van der Waals surface area contributed by atoms with Crippen LogP contribution < -0.4 is 0 Å². The van der Waals surface area contributed by atoms with Gasteiger partial charge in [-0.1, -0.05) is 37.3 Å². The van der Waals surface area contributed by atoms with E-state index in [1.165, 1.54) is 11.9 Å². The van der Waals surface area contributed by atoms with Crippen molar-refractivity contribution in [1.29, 1.82) is 0 Å². The number of hydrogen-bond acceptors (Lipinski definition) is 6. The normalized spacial score (nSPS) is 23.4. The van der Waals surface area contributed by atoms with E-state index in [0.717, 1.165) is 82.9 Å². The highest BCUT2D eigenvalue weighted by molar-refractivity contribution is 5.96. The van der Waals surface area contributed by atoms with Crippen LogP contribution in [-0.2, 0) is 4.79 Å². The van der Waals surface area contributed by atoms with Gasteiger partial charge in [0.2, 0.25) is 5.91 Å². The second-order valence-corrected chi connectivity index (χ2v) is 12.7. The van der Waals surface area contributed by atoms with Crippen molar-refractivity contribution in [3.05, 3.63) is 59.2 Å². The van der Waals surface area contributed by atoms with E-state index in [1.54, 1.807) is 0 Å². The van der Waals surface area contributed by atoms with Gasteiger partial charge < -0.3 is 9.80 Å². The van der Waals surface area contributed by atoms with Gasteiger partial charge in [-0.2, -0.15) is 0 Å². The van der Waals surface area contributed by atoms with Gasteiger partial charge >= 0.3 is 0 Å². The molecule has 0 bridgehead atoms. The Morgan fingerprint density at radius 1 is 0.927 bits per heavy atom. The van der Waals surface area contributed by atoms with Crippen LogP contribution in [0.1, 0.15) is 86.2 Å². The molecule has 8 nitrogen and oxygen atoms in total. The van der Waals surface area contributed by atoms with Crippen molar-refractivity contribution >= 4 is 11.8 Å². The molecule has 4 heterocycles. The molecule has 0 aliphatic carbocycles. The van der Waals surface area contributed by atoms with Gasteiger partial charge in [-0.15, -0.1) is 0 Å². The molecule has 3 saturated heterocycles. The highest BCUT2D eigenvalue weighted by Gasteiger charge is 2.43. The van der Waals surface area contributed by atoms with Gasteiger partial charge in [-0.3, -0.25) is 19.4 Å². The highest BCUT2D eigenvalue weighted by atomic mass is 16.2. The molecule has 0 spiro atoms. The molecular formula is C33H48N6O2. The van der Waals surface area contributed by atoms with Crippen molar-refractivity contribution in [2.75, 3.05) is 45.8 Å². The molecule has 0 N–H and O–H groups in total. The number of nitrogens with zero attached hydrogens (tertiary/aromatic N) is 6. The van der Waals surface area contributed by atoms with Gasteiger partial charge in [-0.25, -0.2) is 9.97 Å². The lowest BCUT2D eigenvalue weighted by Gasteiger charge is -2.54. The first-order valence-electron chi connectivity index (χ1n) is 15.6. The average Bonchev–Trinajstić information content (AvgIpc) is 2.99. The third kappa shape index (κ3) is 6.19. The minimum Gasteiger partial charge on any atom is -0.343 e.